The Morgan fingerprint density at radius 3 is 3.13 bits per heavy atom. The number of aromatic nitrogens is 2. The highest BCUT2D eigenvalue weighted by Crippen LogP contribution is 2.10. The van der Waals surface area contributed by atoms with Gasteiger partial charge in [0.25, 0.3) is 0 Å². The van der Waals surface area contributed by atoms with Crippen LogP contribution >= 0.6 is 0 Å². The summed E-state index contributed by atoms with van der Waals surface area (Å²) < 4.78 is 6.51. The van der Waals surface area contributed by atoms with Crippen molar-refractivity contribution in [2.75, 3.05) is 7.11 Å². The molecule has 0 unspecified atom stereocenters. The van der Waals surface area contributed by atoms with Crippen LogP contribution in [-0.4, -0.2) is 27.6 Å². The van der Waals surface area contributed by atoms with Crippen LogP contribution in [-0.2, 0) is 11.3 Å². The highest BCUT2D eigenvalue weighted by Gasteiger charge is 2.09. The van der Waals surface area contributed by atoms with Gasteiger partial charge in [0, 0.05) is 13.3 Å². The number of carboxylic acids is 1. The van der Waals surface area contributed by atoms with E-state index in [4.69, 9.17) is 9.84 Å². The summed E-state index contributed by atoms with van der Waals surface area (Å²) in [5, 5.41) is 8.86. The van der Waals surface area contributed by atoms with Gasteiger partial charge in [0.1, 0.15) is 5.65 Å². The minimum Gasteiger partial charge on any atom is -0.477 e. The molecule has 2 heterocycles. The fraction of sp³-hybridized carbons (Fsp3) is 0.200. The zero-order chi connectivity index (χ0) is 10.8. The maximum atomic E-state index is 10.8. The Morgan fingerprint density at radius 1 is 1.67 bits per heavy atom. The average molecular weight is 206 g/mol. The van der Waals surface area contributed by atoms with Crippen LogP contribution in [0.1, 0.15) is 16.1 Å². The summed E-state index contributed by atoms with van der Waals surface area (Å²) in [7, 11) is 1.61. The summed E-state index contributed by atoms with van der Waals surface area (Å²) >= 11 is 0. The first-order valence-corrected chi connectivity index (χ1v) is 4.40. The fourth-order valence-corrected chi connectivity index (χ4v) is 1.44. The number of methoxy groups -OCH3 is 1. The van der Waals surface area contributed by atoms with Gasteiger partial charge in [-0.1, -0.05) is 0 Å². The van der Waals surface area contributed by atoms with Crippen molar-refractivity contribution in [3.63, 3.8) is 0 Å². The number of hydrogen-bond donors (Lipinski definition) is 1. The van der Waals surface area contributed by atoms with Crippen LogP contribution in [0.4, 0.5) is 0 Å². The molecule has 0 aliphatic heterocycles. The largest absolute Gasteiger partial charge is 0.477 e. The molecule has 0 saturated carbocycles. The molecule has 0 amide bonds. The zero-order valence-electron chi connectivity index (χ0n) is 8.17. The van der Waals surface area contributed by atoms with E-state index in [-0.39, 0.29) is 5.69 Å². The Kier molecular flexibility index (Phi) is 2.39. The minimum absolute atomic E-state index is 0.161. The van der Waals surface area contributed by atoms with Gasteiger partial charge in [-0.05, 0) is 17.7 Å². The van der Waals surface area contributed by atoms with Crippen molar-refractivity contribution in [1.82, 2.24) is 9.38 Å². The van der Waals surface area contributed by atoms with Crippen LogP contribution < -0.4 is 0 Å². The lowest BCUT2D eigenvalue weighted by Crippen LogP contribution is -2.01. The van der Waals surface area contributed by atoms with Crippen LogP contribution in [0.2, 0.25) is 0 Å². The van der Waals surface area contributed by atoms with E-state index in [2.05, 4.69) is 4.98 Å². The summed E-state index contributed by atoms with van der Waals surface area (Å²) in [4.78, 5) is 14.8. The number of carbonyl (C=O) groups is 1. The van der Waals surface area contributed by atoms with Gasteiger partial charge in [0.15, 0.2) is 5.69 Å². The molecule has 0 spiro atoms. The average Bonchev–Trinajstić information content (AvgIpc) is 2.61. The molecule has 0 fully saturated rings. The number of carboxylic acid groups (broad SMARTS) is 1. The van der Waals surface area contributed by atoms with Crippen molar-refractivity contribution in [3.05, 3.63) is 35.8 Å². The summed E-state index contributed by atoms with van der Waals surface area (Å²) in [6, 6.07) is 3.61. The SMILES string of the molecule is COCc1ccn2c(C(=O)O)cnc2c1. The second-order valence-electron chi connectivity index (χ2n) is 3.14. The number of fused-ring (bicyclic) bond motifs is 1. The zero-order valence-corrected chi connectivity index (χ0v) is 8.17. The van der Waals surface area contributed by atoms with Crippen molar-refractivity contribution >= 4 is 11.6 Å². The van der Waals surface area contributed by atoms with Crippen LogP contribution in [0.25, 0.3) is 5.65 Å². The van der Waals surface area contributed by atoms with E-state index in [1.54, 1.807) is 19.4 Å². The van der Waals surface area contributed by atoms with Crippen molar-refractivity contribution in [2.24, 2.45) is 0 Å². The number of imidazole rings is 1. The van der Waals surface area contributed by atoms with E-state index in [1.807, 2.05) is 6.07 Å². The Morgan fingerprint density at radius 2 is 2.47 bits per heavy atom. The Labute approximate surface area is 85.9 Å². The summed E-state index contributed by atoms with van der Waals surface area (Å²) in [5.74, 6) is -0.984. The van der Waals surface area contributed by atoms with Crippen LogP contribution in [0.5, 0.6) is 0 Å². The Bertz CT molecular complexity index is 504. The Hall–Kier alpha value is -1.88. The topological polar surface area (TPSA) is 63.8 Å². The number of aromatic carboxylic acids is 1. The van der Waals surface area contributed by atoms with Crippen molar-refractivity contribution < 1.29 is 14.6 Å². The number of pyridine rings is 1. The number of hydrogen-bond acceptors (Lipinski definition) is 3. The van der Waals surface area contributed by atoms with E-state index in [9.17, 15) is 4.79 Å². The van der Waals surface area contributed by atoms with Gasteiger partial charge in [-0.2, -0.15) is 0 Å². The first-order chi connectivity index (χ1) is 7.22. The third-order valence-electron chi connectivity index (χ3n) is 2.11. The Balaban J connectivity index is 2.51. The van der Waals surface area contributed by atoms with Gasteiger partial charge in [0.2, 0.25) is 0 Å². The predicted octanol–water partition coefficient (Wildman–Crippen LogP) is 1.18. The summed E-state index contributed by atoms with van der Waals surface area (Å²) in [5.41, 5.74) is 1.74. The molecule has 15 heavy (non-hydrogen) atoms. The molecular weight excluding hydrogens is 196 g/mol. The molecule has 0 aliphatic rings. The van der Waals surface area contributed by atoms with E-state index < -0.39 is 5.97 Å². The minimum atomic E-state index is -0.984. The van der Waals surface area contributed by atoms with Gasteiger partial charge in [-0.25, -0.2) is 9.78 Å². The first-order valence-electron chi connectivity index (χ1n) is 4.40. The van der Waals surface area contributed by atoms with Gasteiger partial charge in [0.05, 0.1) is 12.8 Å². The first kappa shape index (κ1) is 9.67. The van der Waals surface area contributed by atoms with E-state index in [1.165, 1.54) is 10.6 Å². The lowest BCUT2D eigenvalue weighted by molar-refractivity contribution is 0.0689. The number of rotatable bonds is 3. The quantitative estimate of drug-likeness (QED) is 0.818. The van der Waals surface area contributed by atoms with Crippen LogP contribution in [0.3, 0.4) is 0 Å². The maximum Gasteiger partial charge on any atom is 0.354 e. The molecule has 0 atom stereocenters. The van der Waals surface area contributed by atoms with Crippen molar-refractivity contribution in [3.8, 4) is 0 Å². The molecule has 1 N–H and O–H groups in total. The van der Waals surface area contributed by atoms with E-state index >= 15 is 0 Å². The van der Waals surface area contributed by atoms with Gasteiger partial charge in [-0.3, -0.25) is 4.40 Å². The fourth-order valence-electron chi connectivity index (χ4n) is 1.44. The molecular formula is C10H10N2O3. The second kappa shape index (κ2) is 3.70. The lowest BCUT2D eigenvalue weighted by atomic mass is 10.3. The number of nitrogens with zero attached hydrogens (tertiary/aromatic N) is 2. The highest BCUT2D eigenvalue weighted by molar-refractivity contribution is 5.86. The summed E-state index contributed by atoms with van der Waals surface area (Å²) in [6.45, 7) is 0.492. The standard InChI is InChI=1S/C10H10N2O3/c1-15-6-7-2-3-12-8(10(13)14)5-11-9(12)4-7/h2-5H,6H2,1H3,(H,13,14). The smallest absolute Gasteiger partial charge is 0.354 e. The van der Waals surface area contributed by atoms with Gasteiger partial charge >= 0.3 is 5.97 Å². The molecule has 0 radical (unpaired) electrons. The molecule has 2 rings (SSSR count). The molecule has 5 nitrogen and oxygen atoms in total. The molecule has 5 heteroatoms. The monoisotopic (exact) mass is 206 g/mol. The molecule has 0 aromatic carbocycles. The van der Waals surface area contributed by atoms with Crippen LogP contribution in [0.15, 0.2) is 24.5 Å². The normalized spacial score (nSPS) is 10.7. The molecule has 2 aromatic rings. The van der Waals surface area contributed by atoms with Gasteiger partial charge in [-0.15, -0.1) is 0 Å². The third-order valence-corrected chi connectivity index (χ3v) is 2.11. The van der Waals surface area contributed by atoms with Gasteiger partial charge < -0.3 is 9.84 Å². The van der Waals surface area contributed by atoms with Crippen molar-refractivity contribution in [2.45, 2.75) is 6.61 Å². The predicted molar refractivity (Wildman–Crippen MR) is 52.9 cm³/mol. The maximum absolute atomic E-state index is 10.8. The van der Waals surface area contributed by atoms with E-state index in [0.717, 1.165) is 5.56 Å². The molecule has 0 bridgehead atoms. The summed E-state index contributed by atoms with van der Waals surface area (Å²) in [6.07, 6.45) is 3.02. The molecule has 0 aliphatic carbocycles. The molecule has 2 aromatic heterocycles. The van der Waals surface area contributed by atoms with Crippen molar-refractivity contribution in [1.29, 1.82) is 0 Å². The highest BCUT2D eigenvalue weighted by atomic mass is 16.5. The van der Waals surface area contributed by atoms with Crippen LogP contribution in [0, 0.1) is 0 Å². The third kappa shape index (κ3) is 1.69. The lowest BCUT2D eigenvalue weighted by Gasteiger charge is -2.01. The molecule has 78 valence electrons. The molecule has 0 saturated heterocycles. The second-order valence-corrected chi connectivity index (χ2v) is 3.14. The van der Waals surface area contributed by atoms with E-state index in [0.29, 0.717) is 12.3 Å². The number of ether oxygens (including phenoxy) is 1.